The van der Waals surface area contributed by atoms with Crippen LogP contribution in [0.4, 0.5) is 11.4 Å². The summed E-state index contributed by atoms with van der Waals surface area (Å²) in [5.41, 5.74) is 7.92. The number of hydrogen-bond donors (Lipinski definition) is 2. The van der Waals surface area contributed by atoms with Crippen molar-refractivity contribution in [3.05, 3.63) is 17.7 Å². The van der Waals surface area contributed by atoms with Crippen molar-refractivity contribution < 1.29 is 9.53 Å². The molecule has 1 aliphatic heterocycles. The topological polar surface area (TPSA) is 64.3 Å². The third-order valence-corrected chi connectivity index (χ3v) is 2.15. The Morgan fingerprint density at radius 2 is 2.29 bits per heavy atom. The molecule has 0 aromatic heterocycles. The largest absolute Gasteiger partial charge is 0.491 e. The van der Waals surface area contributed by atoms with Crippen molar-refractivity contribution in [3.63, 3.8) is 0 Å². The predicted molar refractivity (Wildman–Crippen MR) is 54.3 cm³/mol. The maximum absolute atomic E-state index is 11.2. The second-order valence-corrected chi connectivity index (χ2v) is 3.36. The van der Waals surface area contributed by atoms with E-state index in [0.717, 1.165) is 11.3 Å². The highest BCUT2D eigenvalue weighted by molar-refractivity contribution is 5.94. The highest BCUT2D eigenvalue weighted by atomic mass is 16.5. The van der Waals surface area contributed by atoms with E-state index in [-0.39, 0.29) is 5.91 Å². The summed E-state index contributed by atoms with van der Waals surface area (Å²) in [6.45, 7) is 2.33. The Labute approximate surface area is 82.1 Å². The van der Waals surface area contributed by atoms with Crippen molar-refractivity contribution in [3.8, 4) is 5.75 Å². The Balaban J connectivity index is 2.50. The maximum Gasteiger partial charge on any atom is 0.227 e. The van der Waals surface area contributed by atoms with Crippen molar-refractivity contribution >= 4 is 17.3 Å². The molecule has 74 valence electrons. The number of aryl methyl sites for hydroxylation is 1. The van der Waals surface area contributed by atoms with Gasteiger partial charge in [0.05, 0.1) is 18.7 Å². The van der Waals surface area contributed by atoms with Gasteiger partial charge in [-0.15, -0.1) is 0 Å². The van der Waals surface area contributed by atoms with E-state index in [1.165, 1.54) is 0 Å². The lowest BCUT2D eigenvalue weighted by Gasteiger charge is -2.10. The third kappa shape index (κ3) is 1.51. The summed E-state index contributed by atoms with van der Waals surface area (Å²) in [6.07, 6.45) is 0.383. The van der Waals surface area contributed by atoms with Crippen LogP contribution in [0.2, 0.25) is 0 Å². The second-order valence-electron chi connectivity index (χ2n) is 3.36. The van der Waals surface area contributed by atoms with E-state index in [0.29, 0.717) is 24.4 Å². The number of rotatable bonds is 0. The Hall–Kier alpha value is -1.71. The number of nitrogen functional groups attached to an aromatic ring is 1. The van der Waals surface area contributed by atoms with Crippen molar-refractivity contribution in [2.75, 3.05) is 17.7 Å². The van der Waals surface area contributed by atoms with Gasteiger partial charge in [0.25, 0.3) is 0 Å². The number of amides is 1. The number of carbonyl (C=O) groups excluding carboxylic acids is 1. The minimum absolute atomic E-state index is 0.0336. The van der Waals surface area contributed by atoms with E-state index in [1.807, 2.05) is 13.0 Å². The molecule has 0 radical (unpaired) electrons. The normalized spacial score (nSPS) is 15.1. The van der Waals surface area contributed by atoms with Crippen molar-refractivity contribution in [2.24, 2.45) is 0 Å². The van der Waals surface area contributed by atoms with Crippen LogP contribution in [0, 0.1) is 6.92 Å². The molecule has 4 heteroatoms. The molecule has 0 atom stereocenters. The van der Waals surface area contributed by atoms with E-state index in [4.69, 9.17) is 10.5 Å². The lowest BCUT2D eigenvalue weighted by molar-refractivity contribution is -0.116. The van der Waals surface area contributed by atoms with Crippen LogP contribution in [0.1, 0.15) is 12.0 Å². The van der Waals surface area contributed by atoms with Crippen LogP contribution in [0.15, 0.2) is 12.1 Å². The van der Waals surface area contributed by atoms with Gasteiger partial charge in [0.15, 0.2) is 0 Å². The fourth-order valence-electron chi connectivity index (χ4n) is 1.54. The van der Waals surface area contributed by atoms with Gasteiger partial charge in [-0.2, -0.15) is 0 Å². The van der Waals surface area contributed by atoms with Crippen molar-refractivity contribution in [2.45, 2.75) is 13.3 Å². The fraction of sp³-hybridized carbons (Fsp3) is 0.300. The average molecular weight is 192 g/mol. The molecule has 1 heterocycles. The smallest absolute Gasteiger partial charge is 0.227 e. The number of ether oxygens (including phenoxy) is 1. The summed E-state index contributed by atoms with van der Waals surface area (Å²) in [6, 6.07) is 3.54. The molecule has 2 rings (SSSR count). The quantitative estimate of drug-likeness (QED) is 0.609. The molecule has 0 unspecified atom stereocenters. The highest BCUT2D eigenvalue weighted by Gasteiger charge is 2.15. The molecular weight excluding hydrogens is 180 g/mol. The van der Waals surface area contributed by atoms with Crippen LogP contribution >= 0.6 is 0 Å². The van der Waals surface area contributed by atoms with Crippen LogP contribution in [0.3, 0.4) is 0 Å². The van der Waals surface area contributed by atoms with E-state index in [2.05, 4.69) is 5.32 Å². The molecule has 4 nitrogen and oxygen atoms in total. The summed E-state index contributed by atoms with van der Waals surface area (Å²) in [5, 5.41) is 2.76. The van der Waals surface area contributed by atoms with Gasteiger partial charge >= 0.3 is 0 Å². The molecule has 1 aromatic carbocycles. The molecule has 0 saturated heterocycles. The second kappa shape index (κ2) is 3.21. The summed E-state index contributed by atoms with van der Waals surface area (Å²) in [4.78, 5) is 11.2. The lowest BCUT2D eigenvalue weighted by Crippen LogP contribution is -2.10. The minimum Gasteiger partial charge on any atom is -0.491 e. The SMILES string of the molecule is Cc1cc(N)cc2c1OCCC(=O)N2. The number of hydrogen-bond acceptors (Lipinski definition) is 3. The van der Waals surface area contributed by atoms with E-state index < -0.39 is 0 Å². The minimum atomic E-state index is -0.0336. The number of carbonyl (C=O) groups is 1. The predicted octanol–water partition coefficient (Wildman–Crippen LogP) is 1.30. The molecule has 0 fully saturated rings. The van der Waals surface area contributed by atoms with Gasteiger partial charge in [-0.05, 0) is 24.6 Å². The molecule has 1 aliphatic rings. The van der Waals surface area contributed by atoms with E-state index in [1.54, 1.807) is 6.07 Å². The van der Waals surface area contributed by atoms with Crippen LogP contribution in [-0.4, -0.2) is 12.5 Å². The zero-order chi connectivity index (χ0) is 10.1. The summed E-state index contributed by atoms with van der Waals surface area (Å²) >= 11 is 0. The van der Waals surface area contributed by atoms with Crippen LogP contribution < -0.4 is 15.8 Å². The molecule has 3 N–H and O–H groups in total. The average Bonchev–Trinajstić information content (AvgIpc) is 2.25. The Bertz CT molecular complexity index is 388. The molecule has 1 amide bonds. The molecule has 0 aliphatic carbocycles. The molecule has 1 aromatic rings. The summed E-state index contributed by atoms with van der Waals surface area (Å²) in [5.74, 6) is 0.693. The fourth-order valence-corrected chi connectivity index (χ4v) is 1.54. The van der Waals surface area contributed by atoms with E-state index >= 15 is 0 Å². The molecular formula is C10H12N2O2. The first-order chi connectivity index (χ1) is 6.66. The van der Waals surface area contributed by atoms with Gasteiger partial charge < -0.3 is 15.8 Å². The lowest BCUT2D eigenvalue weighted by atomic mass is 10.1. The first-order valence-electron chi connectivity index (χ1n) is 4.49. The molecule has 0 saturated carbocycles. The standard InChI is InChI=1S/C10H12N2O2/c1-6-4-7(11)5-8-10(6)14-3-2-9(13)12-8/h4-5H,2-3,11H2,1H3,(H,12,13). The third-order valence-electron chi connectivity index (χ3n) is 2.15. The van der Waals surface area contributed by atoms with Gasteiger partial charge in [-0.3, -0.25) is 4.79 Å². The number of nitrogens with two attached hydrogens (primary N) is 1. The van der Waals surface area contributed by atoms with Gasteiger partial charge in [0.1, 0.15) is 5.75 Å². The number of anilines is 2. The van der Waals surface area contributed by atoms with Gasteiger partial charge in [-0.1, -0.05) is 0 Å². The van der Waals surface area contributed by atoms with Crippen LogP contribution in [0.25, 0.3) is 0 Å². The number of fused-ring (bicyclic) bond motifs is 1. The number of benzene rings is 1. The molecule has 14 heavy (non-hydrogen) atoms. The van der Waals surface area contributed by atoms with Gasteiger partial charge in [0.2, 0.25) is 5.91 Å². The van der Waals surface area contributed by atoms with Crippen molar-refractivity contribution in [1.29, 1.82) is 0 Å². The van der Waals surface area contributed by atoms with Crippen LogP contribution in [0.5, 0.6) is 5.75 Å². The van der Waals surface area contributed by atoms with Gasteiger partial charge in [0, 0.05) is 5.69 Å². The number of nitrogens with one attached hydrogen (secondary N) is 1. The first kappa shape index (κ1) is 8.87. The van der Waals surface area contributed by atoms with E-state index in [9.17, 15) is 4.79 Å². The summed E-state index contributed by atoms with van der Waals surface area (Å²) < 4.78 is 5.47. The highest BCUT2D eigenvalue weighted by Crippen LogP contribution is 2.32. The Morgan fingerprint density at radius 3 is 3.07 bits per heavy atom. The van der Waals surface area contributed by atoms with Gasteiger partial charge in [-0.25, -0.2) is 0 Å². The Kier molecular flexibility index (Phi) is 2.04. The van der Waals surface area contributed by atoms with Crippen molar-refractivity contribution in [1.82, 2.24) is 0 Å². The Morgan fingerprint density at radius 1 is 1.50 bits per heavy atom. The monoisotopic (exact) mass is 192 g/mol. The summed E-state index contributed by atoms with van der Waals surface area (Å²) in [7, 11) is 0. The molecule has 0 bridgehead atoms. The molecule has 0 spiro atoms. The zero-order valence-corrected chi connectivity index (χ0v) is 7.96. The zero-order valence-electron chi connectivity index (χ0n) is 7.96. The van der Waals surface area contributed by atoms with Crippen LogP contribution in [-0.2, 0) is 4.79 Å². The maximum atomic E-state index is 11.2. The first-order valence-corrected chi connectivity index (χ1v) is 4.49.